The molecule has 1 aromatic heterocycles. The number of ether oxygens (including phenoxy) is 1. The average molecular weight is 343 g/mol. The molecule has 7 heteroatoms. The van der Waals surface area contributed by atoms with Gasteiger partial charge in [0, 0.05) is 24.8 Å². The molecule has 1 fully saturated rings. The fraction of sp³-hybridized carbons (Fsp3) is 0.500. The molecular weight excluding hydrogens is 318 g/mol. The predicted octanol–water partition coefficient (Wildman–Crippen LogP) is 3.08. The zero-order valence-corrected chi connectivity index (χ0v) is 15.0. The van der Waals surface area contributed by atoms with Crippen molar-refractivity contribution < 1.29 is 9.53 Å². The summed E-state index contributed by atoms with van der Waals surface area (Å²) >= 11 is 0. The molecule has 0 radical (unpaired) electrons. The number of benzene rings is 1. The zero-order valence-electron chi connectivity index (χ0n) is 15.0. The van der Waals surface area contributed by atoms with Crippen LogP contribution in [0.2, 0.25) is 0 Å². The van der Waals surface area contributed by atoms with E-state index in [1.54, 1.807) is 15.9 Å². The third-order valence-electron chi connectivity index (χ3n) is 3.99. The van der Waals surface area contributed by atoms with Gasteiger partial charge in [-0.1, -0.05) is 0 Å². The SMILES string of the molecule is CC(C)(C)OC(=O)N1CCCC(Nc2ccc(-n3cncn3)cc2)C1. The maximum absolute atomic E-state index is 12.2. The van der Waals surface area contributed by atoms with Crippen LogP contribution in [-0.2, 0) is 4.74 Å². The van der Waals surface area contributed by atoms with Crippen LogP contribution in [0.15, 0.2) is 36.9 Å². The van der Waals surface area contributed by atoms with Crippen molar-refractivity contribution in [2.24, 2.45) is 0 Å². The first-order chi connectivity index (χ1) is 11.9. The van der Waals surface area contributed by atoms with Gasteiger partial charge in [-0.3, -0.25) is 0 Å². The highest BCUT2D eigenvalue weighted by Crippen LogP contribution is 2.19. The molecule has 1 aliphatic rings. The summed E-state index contributed by atoms with van der Waals surface area (Å²) < 4.78 is 7.19. The fourth-order valence-electron chi connectivity index (χ4n) is 2.87. The first kappa shape index (κ1) is 17.3. The van der Waals surface area contributed by atoms with Crippen molar-refractivity contribution >= 4 is 11.8 Å². The van der Waals surface area contributed by atoms with E-state index in [1.165, 1.54) is 6.33 Å². The van der Waals surface area contributed by atoms with Gasteiger partial charge in [0.15, 0.2) is 0 Å². The number of nitrogens with zero attached hydrogens (tertiary/aromatic N) is 4. The van der Waals surface area contributed by atoms with Crippen LogP contribution in [0, 0.1) is 0 Å². The van der Waals surface area contributed by atoms with E-state index in [4.69, 9.17) is 4.74 Å². The Hall–Kier alpha value is -2.57. The third-order valence-corrected chi connectivity index (χ3v) is 3.99. The summed E-state index contributed by atoms with van der Waals surface area (Å²) in [6, 6.07) is 8.24. The van der Waals surface area contributed by atoms with Crippen LogP contribution in [0.5, 0.6) is 0 Å². The molecule has 0 saturated carbocycles. The van der Waals surface area contributed by atoms with E-state index in [9.17, 15) is 4.79 Å². The lowest BCUT2D eigenvalue weighted by atomic mass is 10.1. The molecule has 2 heterocycles. The summed E-state index contributed by atoms with van der Waals surface area (Å²) in [4.78, 5) is 18.0. The maximum Gasteiger partial charge on any atom is 0.410 e. The molecule has 0 bridgehead atoms. The van der Waals surface area contributed by atoms with Crippen molar-refractivity contribution in [1.82, 2.24) is 19.7 Å². The summed E-state index contributed by atoms with van der Waals surface area (Å²) in [6.45, 7) is 7.07. The maximum atomic E-state index is 12.2. The van der Waals surface area contributed by atoms with Crippen LogP contribution in [0.1, 0.15) is 33.6 Å². The van der Waals surface area contributed by atoms with Crippen molar-refractivity contribution in [2.45, 2.75) is 45.3 Å². The largest absolute Gasteiger partial charge is 0.444 e. The molecule has 25 heavy (non-hydrogen) atoms. The molecule has 0 spiro atoms. The number of likely N-dealkylation sites (tertiary alicyclic amines) is 1. The predicted molar refractivity (Wildman–Crippen MR) is 95.8 cm³/mol. The van der Waals surface area contributed by atoms with Crippen molar-refractivity contribution in [3.8, 4) is 5.69 Å². The molecule has 134 valence electrons. The molecule has 1 unspecified atom stereocenters. The molecule has 0 aliphatic carbocycles. The van der Waals surface area contributed by atoms with Crippen LogP contribution in [-0.4, -0.2) is 50.5 Å². The quantitative estimate of drug-likeness (QED) is 0.927. The number of carbonyl (C=O) groups excluding carboxylic acids is 1. The monoisotopic (exact) mass is 343 g/mol. The molecule has 3 rings (SSSR count). The van der Waals surface area contributed by atoms with Crippen LogP contribution in [0.3, 0.4) is 0 Å². The van der Waals surface area contributed by atoms with Gasteiger partial charge in [-0.05, 0) is 57.9 Å². The van der Waals surface area contributed by atoms with Gasteiger partial charge in [-0.2, -0.15) is 5.10 Å². The normalized spacial score (nSPS) is 18.0. The molecule has 1 N–H and O–H groups in total. The molecular formula is C18H25N5O2. The fourth-order valence-corrected chi connectivity index (χ4v) is 2.87. The third kappa shape index (κ3) is 4.71. The summed E-state index contributed by atoms with van der Waals surface area (Å²) in [5, 5.41) is 7.62. The van der Waals surface area contributed by atoms with Gasteiger partial charge in [0.25, 0.3) is 0 Å². The summed E-state index contributed by atoms with van der Waals surface area (Å²) in [7, 11) is 0. The van der Waals surface area contributed by atoms with Gasteiger partial charge >= 0.3 is 6.09 Å². The second-order valence-corrected chi connectivity index (χ2v) is 7.30. The van der Waals surface area contributed by atoms with Gasteiger partial charge in [0.1, 0.15) is 18.3 Å². The molecule has 2 aromatic rings. The van der Waals surface area contributed by atoms with Gasteiger partial charge < -0.3 is 15.0 Å². The highest BCUT2D eigenvalue weighted by atomic mass is 16.6. The lowest BCUT2D eigenvalue weighted by Crippen LogP contribution is -2.46. The van der Waals surface area contributed by atoms with E-state index in [-0.39, 0.29) is 12.1 Å². The number of piperidine rings is 1. The van der Waals surface area contributed by atoms with Crippen LogP contribution >= 0.6 is 0 Å². The second-order valence-electron chi connectivity index (χ2n) is 7.30. The number of nitrogens with one attached hydrogen (secondary N) is 1. The molecule has 1 aliphatic heterocycles. The lowest BCUT2D eigenvalue weighted by molar-refractivity contribution is 0.0206. The number of carbonyl (C=O) groups is 1. The Bertz CT molecular complexity index is 691. The summed E-state index contributed by atoms with van der Waals surface area (Å²) in [6.07, 6.45) is 4.94. The number of hydrogen-bond acceptors (Lipinski definition) is 5. The summed E-state index contributed by atoms with van der Waals surface area (Å²) in [5.41, 5.74) is 1.52. The van der Waals surface area contributed by atoms with Gasteiger partial charge in [0.05, 0.1) is 5.69 Å². The van der Waals surface area contributed by atoms with E-state index in [0.29, 0.717) is 6.54 Å². The van der Waals surface area contributed by atoms with Crippen LogP contribution in [0.25, 0.3) is 5.69 Å². The Morgan fingerprint density at radius 3 is 2.68 bits per heavy atom. The topological polar surface area (TPSA) is 72.3 Å². The van der Waals surface area contributed by atoms with Crippen molar-refractivity contribution in [1.29, 1.82) is 0 Å². The molecule has 1 aromatic carbocycles. The number of amides is 1. The van der Waals surface area contributed by atoms with E-state index >= 15 is 0 Å². The van der Waals surface area contributed by atoms with E-state index in [1.807, 2.05) is 45.0 Å². The number of hydrogen-bond donors (Lipinski definition) is 1. The Labute approximate surface area is 148 Å². The van der Waals surface area contributed by atoms with Gasteiger partial charge in [0.2, 0.25) is 0 Å². The highest BCUT2D eigenvalue weighted by Gasteiger charge is 2.27. The average Bonchev–Trinajstić information content (AvgIpc) is 3.09. The Morgan fingerprint density at radius 2 is 2.04 bits per heavy atom. The lowest BCUT2D eigenvalue weighted by Gasteiger charge is -2.34. The Balaban J connectivity index is 1.58. The first-order valence-corrected chi connectivity index (χ1v) is 8.60. The zero-order chi connectivity index (χ0) is 17.9. The van der Waals surface area contributed by atoms with Gasteiger partial charge in [-0.25, -0.2) is 14.5 Å². The van der Waals surface area contributed by atoms with E-state index in [2.05, 4.69) is 15.4 Å². The second kappa shape index (κ2) is 7.13. The molecule has 7 nitrogen and oxygen atoms in total. The van der Waals surface area contributed by atoms with E-state index in [0.717, 1.165) is 30.8 Å². The van der Waals surface area contributed by atoms with Crippen molar-refractivity contribution in [3.63, 3.8) is 0 Å². The summed E-state index contributed by atoms with van der Waals surface area (Å²) in [5.74, 6) is 0. The minimum atomic E-state index is -0.464. The standard InChI is InChI=1S/C18H25N5O2/c1-18(2,3)25-17(24)22-10-4-5-15(11-22)21-14-6-8-16(9-7-14)23-13-19-12-20-23/h6-9,12-13,15,21H,4-5,10-11H2,1-3H3. The van der Waals surface area contributed by atoms with Crippen LogP contribution in [0.4, 0.5) is 10.5 Å². The molecule has 1 amide bonds. The smallest absolute Gasteiger partial charge is 0.410 e. The highest BCUT2D eigenvalue weighted by molar-refractivity contribution is 5.68. The number of rotatable bonds is 3. The molecule has 1 atom stereocenters. The van der Waals surface area contributed by atoms with E-state index < -0.39 is 5.60 Å². The molecule has 1 saturated heterocycles. The van der Waals surface area contributed by atoms with Gasteiger partial charge in [-0.15, -0.1) is 0 Å². The van der Waals surface area contributed by atoms with Crippen LogP contribution < -0.4 is 5.32 Å². The number of aromatic nitrogens is 3. The van der Waals surface area contributed by atoms with Crippen molar-refractivity contribution in [2.75, 3.05) is 18.4 Å². The Morgan fingerprint density at radius 1 is 1.28 bits per heavy atom. The number of anilines is 1. The first-order valence-electron chi connectivity index (χ1n) is 8.60. The minimum Gasteiger partial charge on any atom is -0.444 e. The minimum absolute atomic E-state index is 0.221. The Kier molecular flexibility index (Phi) is 4.92. The van der Waals surface area contributed by atoms with Crippen molar-refractivity contribution in [3.05, 3.63) is 36.9 Å².